The summed E-state index contributed by atoms with van der Waals surface area (Å²) >= 11 is -0.869. The van der Waals surface area contributed by atoms with E-state index in [1.807, 2.05) is 32.0 Å². The Labute approximate surface area is 136 Å². The molecule has 2 rings (SSSR count). The molecule has 2 aromatic rings. The molecular weight excluding hydrogens is 295 g/mol. The Morgan fingerprint density at radius 2 is 1.68 bits per heavy atom. The first-order valence-corrected chi connectivity index (χ1v) is 7.91. The third kappa shape index (κ3) is 3.97. The highest BCUT2D eigenvalue weighted by Gasteiger charge is 2.12. The second kappa shape index (κ2) is 7.79. The summed E-state index contributed by atoms with van der Waals surface area (Å²) in [5.74, 6) is 1.00. The molecule has 0 saturated carbocycles. The molecular formula is C17H16AlO4. The fourth-order valence-corrected chi connectivity index (χ4v) is 2.66. The zero-order chi connectivity index (χ0) is 15.9. The fourth-order valence-electron chi connectivity index (χ4n) is 1.99. The number of aryl methyl sites for hydroxylation is 2. The van der Waals surface area contributed by atoms with Crippen LogP contribution in [0, 0.1) is 6.92 Å². The van der Waals surface area contributed by atoms with Crippen molar-refractivity contribution in [3.05, 3.63) is 58.7 Å². The van der Waals surface area contributed by atoms with Crippen LogP contribution < -0.4 is 7.58 Å². The van der Waals surface area contributed by atoms with E-state index in [4.69, 9.17) is 7.58 Å². The second-order valence-corrected chi connectivity index (χ2v) is 5.50. The first kappa shape index (κ1) is 16.3. The van der Waals surface area contributed by atoms with Gasteiger partial charge in [0, 0.05) is 0 Å². The smallest absolute Gasteiger partial charge is 0.615 e. The summed E-state index contributed by atoms with van der Waals surface area (Å²) in [5.41, 5.74) is 3.07. The second-order valence-electron chi connectivity index (χ2n) is 4.83. The topological polar surface area (TPSA) is 52.6 Å². The van der Waals surface area contributed by atoms with Crippen LogP contribution >= 0.6 is 0 Å². The third-order valence-corrected chi connectivity index (χ3v) is 3.96. The van der Waals surface area contributed by atoms with Crippen molar-refractivity contribution in [1.29, 1.82) is 0 Å². The lowest BCUT2D eigenvalue weighted by Crippen LogP contribution is -2.13. The predicted octanol–water partition coefficient (Wildman–Crippen LogP) is 3.17. The van der Waals surface area contributed by atoms with Crippen molar-refractivity contribution in [2.75, 3.05) is 0 Å². The lowest BCUT2D eigenvalue weighted by atomic mass is 10.1. The van der Waals surface area contributed by atoms with E-state index in [0.717, 1.165) is 30.1 Å². The van der Waals surface area contributed by atoms with E-state index in [-0.39, 0.29) is 0 Å². The SMILES string of the molecule is CCc1ccc([O][Al][O]c2cc(C)ccc2C=O)c(C=O)c1. The molecule has 1 radical (unpaired) electrons. The minimum atomic E-state index is -0.869. The molecule has 0 aliphatic carbocycles. The maximum atomic E-state index is 11.1. The van der Waals surface area contributed by atoms with Gasteiger partial charge in [0.2, 0.25) is 0 Å². The van der Waals surface area contributed by atoms with E-state index < -0.39 is 15.9 Å². The number of rotatable bonds is 7. The Morgan fingerprint density at radius 1 is 0.955 bits per heavy atom. The Hall–Kier alpha value is -2.09. The number of hydrogen-bond acceptors (Lipinski definition) is 4. The number of carbonyl (C=O) groups excluding carboxylic acids is 2. The van der Waals surface area contributed by atoms with E-state index in [9.17, 15) is 9.59 Å². The summed E-state index contributed by atoms with van der Waals surface area (Å²) in [6, 6.07) is 10.9. The van der Waals surface area contributed by atoms with Crippen LogP contribution in [0.2, 0.25) is 0 Å². The molecule has 0 N–H and O–H groups in total. The van der Waals surface area contributed by atoms with E-state index in [1.54, 1.807) is 18.2 Å². The van der Waals surface area contributed by atoms with Crippen LogP contribution in [0.25, 0.3) is 0 Å². The highest BCUT2D eigenvalue weighted by Crippen LogP contribution is 2.21. The van der Waals surface area contributed by atoms with Crippen molar-refractivity contribution in [3.8, 4) is 11.5 Å². The van der Waals surface area contributed by atoms with Crippen molar-refractivity contribution >= 4 is 28.5 Å². The van der Waals surface area contributed by atoms with Crippen LogP contribution in [-0.2, 0) is 6.42 Å². The van der Waals surface area contributed by atoms with Gasteiger partial charge in [0.1, 0.15) is 0 Å². The van der Waals surface area contributed by atoms with Crippen LogP contribution in [0.1, 0.15) is 38.8 Å². The first-order chi connectivity index (χ1) is 10.7. The van der Waals surface area contributed by atoms with Crippen molar-refractivity contribution in [2.24, 2.45) is 0 Å². The van der Waals surface area contributed by atoms with Crippen LogP contribution in [0.3, 0.4) is 0 Å². The summed E-state index contributed by atoms with van der Waals surface area (Å²) in [7, 11) is 0. The summed E-state index contributed by atoms with van der Waals surface area (Å²) in [6.45, 7) is 3.95. The van der Waals surface area contributed by atoms with Gasteiger partial charge in [0.15, 0.2) is 12.6 Å². The largest absolute Gasteiger partial charge is 0.881 e. The molecule has 0 atom stereocenters. The van der Waals surface area contributed by atoms with Gasteiger partial charge in [-0.05, 0) is 48.7 Å². The summed E-state index contributed by atoms with van der Waals surface area (Å²) < 4.78 is 11.2. The summed E-state index contributed by atoms with van der Waals surface area (Å²) in [4.78, 5) is 22.1. The molecule has 5 heteroatoms. The van der Waals surface area contributed by atoms with Gasteiger partial charge in [-0.2, -0.15) is 0 Å². The maximum Gasteiger partial charge on any atom is 0.881 e. The summed E-state index contributed by atoms with van der Waals surface area (Å²) in [5, 5.41) is 0. The molecule has 0 aliphatic rings. The highest BCUT2D eigenvalue weighted by molar-refractivity contribution is 6.21. The Kier molecular flexibility index (Phi) is 5.77. The maximum absolute atomic E-state index is 11.1. The number of benzene rings is 2. The Balaban J connectivity index is 2.07. The average molecular weight is 311 g/mol. The Bertz CT molecular complexity index is 682. The number of carbonyl (C=O) groups is 2. The molecule has 0 aromatic heterocycles. The molecule has 4 nitrogen and oxygen atoms in total. The summed E-state index contributed by atoms with van der Waals surface area (Å²) in [6.07, 6.45) is 2.38. The molecule has 0 unspecified atom stereocenters. The molecule has 0 aliphatic heterocycles. The van der Waals surface area contributed by atoms with Crippen molar-refractivity contribution < 1.29 is 17.2 Å². The van der Waals surface area contributed by atoms with Crippen LogP contribution in [0.15, 0.2) is 36.4 Å². The monoisotopic (exact) mass is 311 g/mol. The van der Waals surface area contributed by atoms with Gasteiger partial charge in [-0.25, -0.2) is 0 Å². The molecule has 0 saturated heterocycles. The average Bonchev–Trinajstić information content (AvgIpc) is 2.55. The lowest BCUT2D eigenvalue weighted by molar-refractivity contribution is 0.111. The van der Waals surface area contributed by atoms with E-state index in [1.165, 1.54) is 0 Å². The number of aldehydes is 2. The van der Waals surface area contributed by atoms with Gasteiger partial charge in [-0.15, -0.1) is 0 Å². The standard InChI is InChI=1S/C9H10O2.C8H8O2.Al/c1-2-7-3-4-9(11)8(5-7)6-10;1-6-2-3-7(5-9)8(10)4-6;/h3-6,11H,2H2,1H3;2-5,10H,1H3;/q;;+2/p-2. The third-order valence-electron chi connectivity index (χ3n) is 3.26. The Morgan fingerprint density at radius 3 is 2.36 bits per heavy atom. The van der Waals surface area contributed by atoms with Gasteiger partial charge in [-0.1, -0.05) is 19.1 Å². The van der Waals surface area contributed by atoms with Crippen LogP contribution in [0.5, 0.6) is 11.5 Å². The van der Waals surface area contributed by atoms with Gasteiger partial charge < -0.3 is 7.58 Å². The molecule has 2 aromatic carbocycles. The number of hydrogen-bond donors (Lipinski definition) is 0. The minimum absolute atomic E-state index is 0.485. The zero-order valence-electron chi connectivity index (χ0n) is 12.5. The van der Waals surface area contributed by atoms with Gasteiger partial charge >= 0.3 is 15.9 Å². The quantitative estimate of drug-likeness (QED) is 0.582. The highest BCUT2D eigenvalue weighted by atomic mass is 27.2. The van der Waals surface area contributed by atoms with E-state index in [0.29, 0.717) is 22.6 Å². The zero-order valence-corrected chi connectivity index (χ0v) is 13.7. The molecule has 111 valence electrons. The molecule has 0 amide bonds. The van der Waals surface area contributed by atoms with Crippen molar-refractivity contribution in [2.45, 2.75) is 20.3 Å². The molecule has 0 heterocycles. The van der Waals surface area contributed by atoms with Crippen LogP contribution in [0.4, 0.5) is 0 Å². The van der Waals surface area contributed by atoms with E-state index >= 15 is 0 Å². The fraction of sp³-hybridized carbons (Fsp3) is 0.176. The molecule has 0 bridgehead atoms. The van der Waals surface area contributed by atoms with Gasteiger partial charge in [0.05, 0.1) is 22.6 Å². The van der Waals surface area contributed by atoms with Crippen LogP contribution in [-0.4, -0.2) is 28.5 Å². The lowest BCUT2D eigenvalue weighted by Gasteiger charge is -2.12. The predicted molar refractivity (Wildman–Crippen MR) is 84.8 cm³/mol. The molecule has 0 spiro atoms. The van der Waals surface area contributed by atoms with Gasteiger partial charge in [0.25, 0.3) is 0 Å². The first-order valence-electron chi connectivity index (χ1n) is 6.97. The van der Waals surface area contributed by atoms with Gasteiger partial charge in [-0.3, -0.25) is 9.59 Å². The van der Waals surface area contributed by atoms with Crippen molar-refractivity contribution in [1.82, 2.24) is 0 Å². The molecule has 0 fully saturated rings. The normalized spacial score (nSPS) is 9.91. The minimum Gasteiger partial charge on any atom is -0.615 e. The van der Waals surface area contributed by atoms with Crippen molar-refractivity contribution in [3.63, 3.8) is 0 Å². The van der Waals surface area contributed by atoms with E-state index in [2.05, 4.69) is 0 Å². The molecule has 22 heavy (non-hydrogen) atoms.